The second kappa shape index (κ2) is 6.28. The van der Waals surface area contributed by atoms with E-state index in [9.17, 15) is 9.90 Å². The number of aryl methyl sites for hydroxylation is 2. The van der Waals surface area contributed by atoms with Gasteiger partial charge in [-0.1, -0.05) is 19.9 Å². The Morgan fingerprint density at radius 2 is 2.12 bits per heavy atom. The van der Waals surface area contributed by atoms with Crippen LogP contribution in [0.2, 0.25) is 0 Å². The van der Waals surface area contributed by atoms with Crippen LogP contribution in [0, 0.1) is 12.8 Å². The summed E-state index contributed by atoms with van der Waals surface area (Å²) in [5, 5.41) is 9.36. The molecule has 0 unspecified atom stereocenters. The van der Waals surface area contributed by atoms with Crippen LogP contribution in [-0.2, 0) is 16.0 Å². The molecule has 1 rings (SSSR count). The Bertz CT molecular complexity index is 383. The lowest BCUT2D eigenvalue weighted by atomic mass is 10.0. The third-order valence-corrected chi connectivity index (χ3v) is 2.51. The van der Waals surface area contributed by atoms with Crippen molar-refractivity contribution < 1.29 is 14.6 Å². The largest absolute Gasteiger partial charge is 0.508 e. The number of phenolic OH excluding ortho intramolecular Hbond substituents is 1. The van der Waals surface area contributed by atoms with E-state index >= 15 is 0 Å². The molecule has 0 saturated carbocycles. The van der Waals surface area contributed by atoms with E-state index in [1.807, 2.05) is 26.8 Å². The summed E-state index contributed by atoms with van der Waals surface area (Å²) in [5.74, 6) is 0.420. The Morgan fingerprint density at radius 1 is 1.41 bits per heavy atom. The molecule has 0 saturated heterocycles. The van der Waals surface area contributed by atoms with Gasteiger partial charge in [-0.2, -0.15) is 0 Å². The van der Waals surface area contributed by atoms with Gasteiger partial charge in [0.05, 0.1) is 6.61 Å². The monoisotopic (exact) mass is 236 g/mol. The van der Waals surface area contributed by atoms with Crippen molar-refractivity contribution in [2.24, 2.45) is 5.92 Å². The van der Waals surface area contributed by atoms with Gasteiger partial charge in [0.15, 0.2) is 0 Å². The van der Waals surface area contributed by atoms with Gasteiger partial charge < -0.3 is 9.84 Å². The molecule has 0 amide bonds. The SMILES string of the molecule is Cc1ccc(O)cc1CCC(=O)OCC(C)C. The van der Waals surface area contributed by atoms with Crippen molar-refractivity contribution in [2.75, 3.05) is 6.61 Å². The molecular formula is C14H20O3. The second-order valence-corrected chi connectivity index (χ2v) is 4.69. The van der Waals surface area contributed by atoms with Gasteiger partial charge in [-0.25, -0.2) is 0 Å². The molecular weight excluding hydrogens is 216 g/mol. The first kappa shape index (κ1) is 13.6. The molecule has 17 heavy (non-hydrogen) atoms. The predicted molar refractivity (Wildman–Crippen MR) is 67.0 cm³/mol. The summed E-state index contributed by atoms with van der Waals surface area (Å²) in [6.45, 7) is 6.45. The molecule has 94 valence electrons. The first-order valence-electron chi connectivity index (χ1n) is 5.93. The number of benzene rings is 1. The minimum atomic E-state index is -0.179. The number of carbonyl (C=O) groups excluding carboxylic acids is 1. The number of phenols is 1. The van der Waals surface area contributed by atoms with Crippen LogP contribution in [0.25, 0.3) is 0 Å². The zero-order valence-electron chi connectivity index (χ0n) is 10.7. The van der Waals surface area contributed by atoms with Gasteiger partial charge in [-0.15, -0.1) is 0 Å². The maximum Gasteiger partial charge on any atom is 0.306 e. The van der Waals surface area contributed by atoms with Gasteiger partial charge >= 0.3 is 5.97 Å². The van der Waals surface area contributed by atoms with Crippen molar-refractivity contribution in [3.8, 4) is 5.75 Å². The highest BCUT2D eigenvalue weighted by Crippen LogP contribution is 2.17. The summed E-state index contributed by atoms with van der Waals surface area (Å²) >= 11 is 0. The van der Waals surface area contributed by atoms with E-state index in [0.717, 1.165) is 11.1 Å². The summed E-state index contributed by atoms with van der Waals surface area (Å²) in [5.41, 5.74) is 2.07. The Hall–Kier alpha value is -1.51. The number of aromatic hydroxyl groups is 1. The Labute approximate surface area is 102 Å². The van der Waals surface area contributed by atoms with Crippen molar-refractivity contribution >= 4 is 5.97 Å². The van der Waals surface area contributed by atoms with Crippen LogP contribution in [0.4, 0.5) is 0 Å². The minimum absolute atomic E-state index is 0.179. The fraction of sp³-hybridized carbons (Fsp3) is 0.500. The van der Waals surface area contributed by atoms with E-state index in [0.29, 0.717) is 25.4 Å². The number of hydrogen-bond acceptors (Lipinski definition) is 3. The summed E-state index contributed by atoms with van der Waals surface area (Å²) in [4.78, 5) is 11.4. The molecule has 0 spiro atoms. The highest BCUT2D eigenvalue weighted by atomic mass is 16.5. The maximum absolute atomic E-state index is 11.4. The molecule has 1 aromatic rings. The molecule has 0 atom stereocenters. The van der Waals surface area contributed by atoms with Gasteiger partial charge in [0.1, 0.15) is 5.75 Å². The van der Waals surface area contributed by atoms with E-state index in [1.54, 1.807) is 12.1 Å². The molecule has 0 heterocycles. The molecule has 0 radical (unpaired) electrons. The number of esters is 1. The molecule has 0 bridgehead atoms. The quantitative estimate of drug-likeness (QED) is 0.800. The number of carbonyl (C=O) groups is 1. The van der Waals surface area contributed by atoms with Crippen molar-refractivity contribution in [3.63, 3.8) is 0 Å². The summed E-state index contributed by atoms with van der Waals surface area (Å²) in [7, 11) is 0. The van der Waals surface area contributed by atoms with Gasteiger partial charge in [0.25, 0.3) is 0 Å². The topological polar surface area (TPSA) is 46.5 Å². The molecule has 1 N–H and O–H groups in total. The summed E-state index contributed by atoms with van der Waals surface area (Å²) in [6.07, 6.45) is 0.966. The van der Waals surface area contributed by atoms with Crippen molar-refractivity contribution in [1.29, 1.82) is 0 Å². The number of ether oxygens (including phenoxy) is 1. The smallest absolute Gasteiger partial charge is 0.306 e. The summed E-state index contributed by atoms with van der Waals surface area (Å²) in [6, 6.07) is 5.20. The average molecular weight is 236 g/mol. The second-order valence-electron chi connectivity index (χ2n) is 4.69. The molecule has 0 fully saturated rings. The van der Waals surface area contributed by atoms with Crippen LogP contribution in [0.15, 0.2) is 18.2 Å². The fourth-order valence-electron chi connectivity index (χ4n) is 1.50. The molecule has 0 aromatic heterocycles. The van der Waals surface area contributed by atoms with Gasteiger partial charge in [0, 0.05) is 6.42 Å². The third kappa shape index (κ3) is 4.89. The first-order valence-corrected chi connectivity index (χ1v) is 5.93. The average Bonchev–Trinajstić information content (AvgIpc) is 2.27. The normalized spacial score (nSPS) is 10.6. The minimum Gasteiger partial charge on any atom is -0.508 e. The zero-order chi connectivity index (χ0) is 12.8. The molecule has 3 heteroatoms. The predicted octanol–water partition coefficient (Wildman–Crippen LogP) is 2.83. The van der Waals surface area contributed by atoms with Crippen LogP contribution in [-0.4, -0.2) is 17.7 Å². The molecule has 0 aliphatic carbocycles. The maximum atomic E-state index is 11.4. The lowest BCUT2D eigenvalue weighted by Crippen LogP contribution is -2.10. The van der Waals surface area contributed by atoms with Gasteiger partial charge in [0.2, 0.25) is 0 Å². The molecule has 0 aliphatic rings. The fourth-order valence-corrected chi connectivity index (χ4v) is 1.50. The van der Waals surface area contributed by atoms with Gasteiger partial charge in [-0.3, -0.25) is 4.79 Å². The molecule has 3 nitrogen and oxygen atoms in total. The van der Waals surface area contributed by atoms with E-state index in [4.69, 9.17) is 4.74 Å². The standard InChI is InChI=1S/C14H20O3/c1-10(2)9-17-14(16)7-5-12-8-13(15)6-4-11(12)3/h4,6,8,10,15H,5,7,9H2,1-3H3. The highest BCUT2D eigenvalue weighted by Gasteiger charge is 2.07. The van der Waals surface area contributed by atoms with Crippen molar-refractivity contribution in [2.45, 2.75) is 33.6 Å². The Kier molecular flexibility index (Phi) is 5.01. The molecule has 1 aromatic carbocycles. The van der Waals surface area contributed by atoms with Crippen LogP contribution < -0.4 is 0 Å². The Morgan fingerprint density at radius 3 is 2.76 bits per heavy atom. The number of rotatable bonds is 5. The number of hydrogen-bond donors (Lipinski definition) is 1. The van der Waals surface area contributed by atoms with Gasteiger partial charge in [-0.05, 0) is 42.5 Å². The first-order chi connectivity index (χ1) is 7.99. The zero-order valence-corrected chi connectivity index (χ0v) is 10.7. The van der Waals surface area contributed by atoms with Crippen molar-refractivity contribution in [1.82, 2.24) is 0 Å². The van der Waals surface area contributed by atoms with Crippen LogP contribution in [0.1, 0.15) is 31.4 Å². The summed E-state index contributed by atoms with van der Waals surface area (Å²) < 4.78 is 5.09. The van der Waals surface area contributed by atoms with Crippen LogP contribution in [0.3, 0.4) is 0 Å². The third-order valence-electron chi connectivity index (χ3n) is 2.51. The van der Waals surface area contributed by atoms with Crippen LogP contribution >= 0.6 is 0 Å². The van der Waals surface area contributed by atoms with E-state index < -0.39 is 0 Å². The highest BCUT2D eigenvalue weighted by molar-refractivity contribution is 5.69. The van der Waals surface area contributed by atoms with E-state index in [-0.39, 0.29) is 11.7 Å². The van der Waals surface area contributed by atoms with E-state index in [2.05, 4.69) is 0 Å². The lowest BCUT2D eigenvalue weighted by Gasteiger charge is -2.08. The molecule has 0 aliphatic heterocycles. The van der Waals surface area contributed by atoms with Crippen molar-refractivity contribution in [3.05, 3.63) is 29.3 Å². The Balaban J connectivity index is 2.44. The van der Waals surface area contributed by atoms with Crippen LogP contribution in [0.5, 0.6) is 5.75 Å². The lowest BCUT2D eigenvalue weighted by molar-refractivity contribution is -0.144. The van der Waals surface area contributed by atoms with E-state index in [1.165, 1.54) is 0 Å².